The molecular formula is C25H34N2O4. The number of hydrogen-bond acceptors (Lipinski definition) is 5. The van der Waals surface area contributed by atoms with Crippen LogP contribution in [0.15, 0.2) is 36.4 Å². The van der Waals surface area contributed by atoms with Crippen molar-refractivity contribution in [1.29, 1.82) is 0 Å². The van der Waals surface area contributed by atoms with Crippen molar-refractivity contribution in [2.45, 2.75) is 72.9 Å². The monoisotopic (exact) mass is 426 g/mol. The number of amides is 1. The van der Waals surface area contributed by atoms with Gasteiger partial charge in [-0.1, -0.05) is 18.2 Å². The van der Waals surface area contributed by atoms with Crippen LogP contribution in [0.3, 0.4) is 0 Å². The quantitative estimate of drug-likeness (QED) is 0.612. The average molecular weight is 427 g/mol. The maximum absolute atomic E-state index is 12.5. The molecule has 168 valence electrons. The number of rotatable bonds is 7. The first-order chi connectivity index (χ1) is 14.7. The fourth-order valence-electron chi connectivity index (χ4n) is 3.52. The van der Waals surface area contributed by atoms with Gasteiger partial charge in [-0.2, -0.15) is 0 Å². The van der Waals surface area contributed by atoms with Gasteiger partial charge >= 0.3 is 6.09 Å². The van der Waals surface area contributed by atoms with Crippen molar-refractivity contribution in [3.05, 3.63) is 53.1 Å². The SMILES string of the molecule is CCOc1cc(CNc2cccc3c2CN(C(=O)OC(C)(C)C)C3)ccc1OC(C)C. The first-order valence-electron chi connectivity index (χ1n) is 10.9. The van der Waals surface area contributed by atoms with Gasteiger partial charge in [0.05, 0.1) is 19.3 Å². The summed E-state index contributed by atoms with van der Waals surface area (Å²) in [6.45, 7) is 14.0. The Bertz CT molecular complexity index is 918. The number of ether oxygens (including phenoxy) is 3. The molecule has 0 unspecified atom stereocenters. The molecular weight excluding hydrogens is 392 g/mol. The van der Waals surface area contributed by atoms with E-state index in [1.54, 1.807) is 4.90 Å². The molecule has 0 aliphatic carbocycles. The van der Waals surface area contributed by atoms with Crippen molar-refractivity contribution in [3.8, 4) is 11.5 Å². The summed E-state index contributed by atoms with van der Waals surface area (Å²) < 4.78 is 17.2. The zero-order valence-electron chi connectivity index (χ0n) is 19.5. The molecule has 0 saturated heterocycles. The smallest absolute Gasteiger partial charge is 0.410 e. The van der Waals surface area contributed by atoms with E-state index >= 15 is 0 Å². The Morgan fingerprint density at radius 1 is 1.13 bits per heavy atom. The maximum Gasteiger partial charge on any atom is 0.410 e. The number of anilines is 1. The zero-order valence-corrected chi connectivity index (χ0v) is 19.5. The van der Waals surface area contributed by atoms with Gasteiger partial charge in [0.1, 0.15) is 5.60 Å². The van der Waals surface area contributed by atoms with Crippen molar-refractivity contribution in [2.75, 3.05) is 11.9 Å². The van der Waals surface area contributed by atoms with E-state index in [1.165, 1.54) is 0 Å². The molecule has 0 atom stereocenters. The fraction of sp³-hybridized carbons (Fsp3) is 0.480. The van der Waals surface area contributed by atoms with E-state index < -0.39 is 5.60 Å². The topological polar surface area (TPSA) is 60.0 Å². The molecule has 0 fully saturated rings. The molecule has 2 aromatic rings. The van der Waals surface area contributed by atoms with Crippen molar-refractivity contribution in [2.24, 2.45) is 0 Å². The van der Waals surface area contributed by atoms with Crippen molar-refractivity contribution < 1.29 is 19.0 Å². The minimum atomic E-state index is -0.503. The zero-order chi connectivity index (χ0) is 22.6. The van der Waals surface area contributed by atoms with Crippen LogP contribution in [0.5, 0.6) is 11.5 Å². The molecule has 1 amide bonds. The largest absolute Gasteiger partial charge is 0.490 e. The number of carbonyl (C=O) groups excluding carboxylic acids is 1. The predicted molar refractivity (Wildman–Crippen MR) is 123 cm³/mol. The minimum absolute atomic E-state index is 0.0861. The van der Waals surface area contributed by atoms with Crippen LogP contribution in [0.25, 0.3) is 0 Å². The number of benzene rings is 2. The van der Waals surface area contributed by atoms with Crippen LogP contribution in [0.2, 0.25) is 0 Å². The maximum atomic E-state index is 12.5. The van der Waals surface area contributed by atoms with E-state index in [-0.39, 0.29) is 12.2 Å². The van der Waals surface area contributed by atoms with Gasteiger partial charge in [0.25, 0.3) is 0 Å². The second kappa shape index (κ2) is 9.50. The molecule has 0 spiro atoms. The number of nitrogens with one attached hydrogen (secondary N) is 1. The summed E-state index contributed by atoms with van der Waals surface area (Å²) in [6.07, 6.45) is -0.195. The van der Waals surface area contributed by atoms with Gasteiger partial charge in [0.2, 0.25) is 0 Å². The van der Waals surface area contributed by atoms with Crippen molar-refractivity contribution in [1.82, 2.24) is 4.90 Å². The molecule has 6 heteroatoms. The standard InChI is InChI=1S/C25H34N2O4/c1-7-29-23-13-18(11-12-22(23)30-17(2)3)14-26-21-10-8-9-19-15-27(16-20(19)21)24(28)31-25(4,5)6/h8-13,17,26H,7,14-16H2,1-6H3. The molecule has 2 aromatic carbocycles. The summed E-state index contributed by atoms with van der Waals surface area (Å²) in [5.74, 6) is 1.51. The van der Waals surface area contributed by atoms with Gasteiger partial charge in [0.15, 0.2) is 11.5 Å². The van der Waals surface area contributed by atoms with E-state index in [9.17, 15) is 4.79 Å². The summed E-state index contributed by atoms with van der Waals surface area (Å²) in [5, 5.41) is 3.52. The molecule has 0 saturated carbocycles. The summed E-state index contributed by atoms with van der Waals surface area (Å²) in [6, 6.07) is 12.2. The number of carbonyl (C=O) groups is 1. The minimum Gasteiger partial charge on any atom is -0.490 e. The molecule has 0 aromatic heterocycles. The first kappa shape index (κ1) is 22.8. The highest BCUT2D eigenvalue weighted by molar-refractivity contribution is 5.71. The molecule has 0 bridgehead atoms. The third-order valence-electron chi connectivity index (χ3n) is 4.79. The average Bonchev–Trinajstić information content (AvgIpc) is 3.12. The van der Waals surface area contributed by atoms with Gasteiger partial charge in [-0.25, -0.2) is 4.79 Å². The third-order valence-corrected chi connectivity index (χ3v) is 4.79. The molecule has 1 aliphatic rings. The Kier molecular flexibility index (Phi) is 6.98. The number of nitrogens with zero attached hydrogens (tertiary/aromatic N) is 1. The Hall–Kier alpha value is -2.89. The third kappa shape index (κ3) is 6.06. The highest BCUT2D eigenvalue weighted by Gasteiger charge is 2.29. The van der Waals surface area contributed by atoms with E-state index in [0.717, 1.165) is 33.9 Å². The van der Waals surface area contributed by atoms with E-state index in [4.69, 9.17) is 14.2 Å². The van der Waals surface area contributed by atoms with Crippen LogP contribution in [0.4, 0.5) is 10.5 Å². The lowest BCUT2D eigenvalue weighted by molar-refractivity contribution is 0.0242. The molecule has 6 nitrogen and oxygen atoms in total. The van der Waals surface area contributed by atoms with Crippen molar-refractivity contribution >= 4 is 11.8 Å². The van der Waals surface area contributed by atoms with Gasteiger partial charge < -0.3 is 19.5 Å². The molecule has 1 N–H and O–H groups in total. The van der Waals surface area contributed by atoms with Gasteiger partial charge in [0, 0.05) is 18.8 Å². The van der Waals surface area contributed by atoms with Crippen LogP contribution in [-0.2, 0) is 24.4 Å². The van der Waals surface area contributed by atoms with Crippen LogP contribution in [0, 0.1) is 0 Å². The highest BCUT2D eigenvalue weighted by atomic mass is 16.6. The number of fused-ring (bicyclic) bond motifs is 1. The highest BCUT2D eigenvalue weighted by Crippen LogP contribution is 2.32. The predicted octanol–water partition coefficient (Wildman–Crippen LogP) is 5.74. The van der Waals surface area contributed by atoms with E-state index in [2.05, 4.69) is 17.4 Å². The summed E-state index contributed by atoms with van der Waals surface area (Å²) in [5.41, 5.74) is 3.91. The van der Waals surface area contributed by atoms with E-state index in [0.29, 0.717) is 26.2 Å². The summed E-state index contributed by atoms with van der Waals surface area (Å²) >= 11 is 0. The molecule has 3 rings (SSSR count). The lowest BCUT2D eigenvalue weighted by Gasteiger charge is -2.24. The molecule has 0 radical (unpaired) electrons. The van der Waals surface area contributed by atoms with Crippen LogP contribution >= 0.6 is 0 Å². The van der Waals surface area contributed by atoms with Crippen LogP contribution < -0.4 is 14.8 Å². The van der Waals surface area contributed by atoms with Gasteiger partial charge in [-0.15, -0.1) is 0 Å². The van der Waals surface area contributed by atoms with Gasteiger partial charge in [-0.3, -0.25) is 4.90 Å². The summed E-state index contributed by atoms with van der Waals surface area (Å²) in [7, 11) is 0. The van der Waals surface area contributed by atoms with Crippen LogP contribution in [0.1, 0.15) is 58.2 Å². The van der Waals surface area contributed by atoms with Crippen molar-refractivity contribution in [3.63, 3.8) is 0 Å². The van der Waals surface area contributed by atoms with E-state index in [1.807, 2.05) is 65.8 Å². The molecule has 1 heterocycles. The Morgan fingerprint density at radius 3 is 2.58 bits per heavy atom. The molecule has 1 aliphatic heterocycles. The summed E-state index contributed by atoms with van der Waals surface area (Å²) in [4.78, 5) is 14.2. The second-order valence-electron chi connectivity index (χ2n) is 9.01. The normalized spacial score (nSPS) is 13.2. The van der Waals surface area contributed by atoms with Crippen LogP contribution in [-0.4, -0.2) is 29.3 Å². The Morgan fingerprint density at radius 2 is 1.90 bits per heavy atom. The second-order valence-corrected chi connectivity index (χ2v) is 9.01. The fourth-order valence-corrected chi connectivity index (χ4v) is 3.52. The Balaban J connectivity index is 1.70. The lowest BCUT2D eigenvalue weighted by Crippen LogP contribution is -2.33. The Labute approximate surface area is 185 Å². The first-order valence-corrected chi connectivity index (χ1v) is 10.9. The lowest BCUT2D eigenvalue weighted by atomic mass is 10.1. The van der Waals surface area contributed by atoms with Gasteiger partial charge in [-0.05, 0) is 76.4 Å². The number of hydrogen-bond donors (Lipinski definition) is 1. The molecule has 31 heavy (non-hydrogen) atoms.